The minimum absolute atomic E-state index is 0.137. The first-order valence-corrected chi connectivity index (χ1v) is 8.57. The SMILES string of the molecule is C/C=C(C)/C=C(O)\C=C/C=C(/C)NC(=O)Nc1cccc2cc(O)ccc12. The Labute approximate surface area is 159 Å². The number of benzene rings is 2. The molecule has 2 amide bonds. The smallest absolute Gasteiger partial charge is 0.323 e. The van der Waals surface area contributed by atoms with E-state index in [4.69, 9.17) is 0 Å². The molecule has 0 radical (unpaired) electrons. The van der Waals surface area contributed by atoms with Gasteiger partial charge in [-0.15, -0.1) is 0 Å². The average Bonchev–Trinajstić information content (AvgIpc) is 2.61. The maximum atomic E-state index is 12.2. The third-order valence-corrected chi connectivity index (χ3v) is 3.87. The number of rotatable bonds is 5. The second-order valence-electron chi connectivity index (χ2n) is 6.10. The van der Waals surface area contributed by atoms with Gasteiger partial charge in [-0.25, -0.2) is 4.79 Å². The van der Waals surface area contributed by atoms with Gasteiger partial charge in [-0.3, -0.25) is 0 Å². The summed E-state index contributed by atoms with van der Waals surface area (Å²) in [6.45, 7) is 5.54. The molecule has 2 aromatic carbocycles. The van der Waals surface area contributed by atoms with Crippen molar-refractivity contribution in [3.05, 3.63) is 83.8 Å². The number of phenols is 1. The maximum Gasteiger partial charge on any atom is 0.323 e. The summed E-state index contributed by atoms with van der Waals surface area (Å²) in [5.74, 6) is 0.315. The van der Waals surface area contributed by atoms with Crippen molar-refractivity contribution < 1.29 is 15.0 Å². The van der Waals surface area contributed by atoms with Gasteiger partial charge in [0.2, 0.25) is 0 Å². The Bertz CT molecular complexity index is 953. The number of nitrogens with one attached hydrogen (secondary N) is 2. The lowest BCUT2D eigenvalue weighted by molar-refractivity contribution is 0.254. The van der Waals surface area contributed by atoms with E-state index in [1.807, 2.05) is 32.1 Å². The van der Waals surface area contributed by atoms with Crippen LogP contribution >= 0.6 is 0 Å². The first-order chi connectivity index (χ1) is 12.9. The van der Waals surface area contributed by atoms with E-state index >= 15 is 0 Å². The molecule has 0 heterocycles. The van der Waals surface area contributed by atoms with Gasteiger partial charge >= 0.3 is 6.03 Å². The lowest BCUT2D eigenvalue weighted by Crippen LogP contribution is -2.27. The summed E-state index contributed by atoms with van der Waals surface area (Å²) in [5.41, 5.74) is 2.23. The zero-order valence-electron chi connectivity index (χ0n) is 15.7. The molecule has 0 aromatic heterocycles. The zero-order chi connectivity index (χ0) is 19.8. The highest BCUT2D eigenvalue weighted by molar-refractivity contribution is 6.02. The summed E-state index contributed by atoms with van der Waals surface area (Å²) in [4.78, 5) is 12.2. The van der Waals surface area contributed by atoms with E-state index in [1.54, 1.807) is 55.5 Å². The van der Waals surface area contributed by atoms with Gasteiger partial charge in [0, 0.05) is 11.1 Å². The summed E-state index contributed by atoms with van der Waals surface area (Å²) < 4.78 is 0. The normalized spacial score (nSPS) is 13.2. The lowest BCUT2D eigenvalue weighted by atomic mass is 10.1. The average molecular weight is 364 g/mol. The van der Waals surface area contributed by atoms with Crippen molar-refractivity contribution in [1.29, 1.82) is 0 Å². The number of phenolic OH excluding ortho intramolecular Hbond substituents is 1. The third-order valence-electron chi connectivity index (χ3n) is 3.87. The second kappa shape index (κ2) is 9.29. The minimum atomic E-state index is -0.373. The molecule has 27 heavy (non-hydrogen) atoms. The van der Waals surface area contributed by atoms with Gasteiger partial charge in [0.1, 0.15) is 11.5 Å². The summed E-state index contributed by atoms with van der Waals surface area (Å²) in [6, 6.07) is 10.1. The van der Waals surface area contributed by atoms with Crippen molar-refractivity contribution >= 4 is 22.5 Å². The van der Waals surface area contributed by atoms with Crippen molar-refractivity contribution in [3.8, 4) is 5.75 Å². The van der Waals surface area contributed by atoms with E-state index < -0.39 is 0 Å². The second-order valence-corrected chi connectivity index (χ2v) is 6.10. The molecular formula is C22H24N2O3. The van der Waals surface area contributed by atoms with Gasteiger partial charge < -0.3 is 20.8 Å². The van der Waals surface area contributed by atoms with Crippen LogP contribution in [0.3, 0.4) is 0 Å². The summed E-state index contributed by atoms with van der Waals surface area (Å²) in [6.07, 6.45) is 8.44. The van der Waals surface area contributed by atoms with Crippen molar-refractivity contribution in [2.45, 2.75) is 20.8 Å². The Morgan fingerprint density at radius 2 is 1.93 bits per heavy atom. The fourth-order valence-electron chi connectivity index (χ4n) is 2.41. The number of urea groups is 1. The largest absolute Gasteiger partial charge is 0.508 e. The molecule has 0 aliphatic carbocycles. The highest BCUT2D eigenvalue weighted by atomic mass is 16.3. The fourth-order valence-corrected chi connectivity index (χ4v) is 2.41. The Balaban J connectivity index is 2.02. The number of carbonyl (C=O) groups excluding carboxylic acids is 1. The molecule has 0 aliphatic rings. The number of anilines is 1. The quantitative estimate of drug-likeness (QED) is 0.415. The Morgan fingerprint density at radius 1 is 1.15 bits per heavy atom. The van der Waals surface area contributed by atoms with Gasteiger partial charge in [0.05, 0.1) is 5.69 Å². The molecule has 0 bridgehead atoms. The number of hydrogen-bond acceptors (Lipinski definition) is 3. The van der Waals surface area contributed by atoms with E-state index in [2.05, 4.69) is 10.6 Å². The molecule has 5 heteroatoms. The Hall–Kier alpha value is -3.47. The number of allylic oxidation sites excluding steroid dienone is 7. The standard InChI is InChI=1S/C22H24N2O3/c1-4-15(2)13-18(25)9-5-7-16(3)23-22(27)24-21-10-6-8-17-14-19(26)11-12-20(17)21/h4-14,25-26H,1-3H3,(H2,23,24,27)/b9-5-,15-4+,16-7-,18-13+. The Kier molecular flexibility index (Phi) is 6.83. The number of hydrogen-bond donors (Lipinski definition) is 4. The molecule has 0 aliphatic heterocycles. The van der Waals surface area contributed by atoms with Gasteiger partial charge in [0.25, 0.3) is 0 Å². The third kappa shape index (κ3) is 6.08. The van der Waals surface area contributed by atoms with Crippen LogP contribution in [0, 0.1) is 0 Å². The van der Waals surface area contributed by atoms with Crippen LogP contribution in [-0.2, 0) is 0 Å². The van der Waals surface area contributed by atoms with Crippen molar-refractivity contribution in [2.75, 3.05) is 5.32 Å². The summed E-state index contributed by atoms with van der Waals surface area (Å²) in [5, 5.41) is 26.5. The summed E-state index contributed by atoms with van der Waals surface area (Å²) in [7, 11) is 0. The first kappa shape index (κ1) is 19.8. The van der Waals surface area contributed by atoms with Crippen LogP contribution in [0.15, 0.2) is 83.8 Å². The van der Waals surface area contributed by atoms with Crippen LogP contribution in [0.25, 0.3) is 10.8 Å². The van der Waals surface area contributed by atoms with Crippen LogP contribution in [0.5, 0.6) is 5.75 Å². The van der Waals surface area contributed by atoms with E-state index in [-0.39, 0.29) is 17.5 Å². The predicted molar refractivity (Wildman–Crippen MR) is 111 cm³/mol. The number of aliphatic hydroxyl groups is 1. The maximum absolute atomic E-state index is 12.2. The van der Waals surface area contributed by atoms with Gasteiger partial charge in [-0.05, 0) is 68.7 Å². The van der Waals surface area contributed by atoms with E-state index in [1.165, 1.54) is 0 Å². The van der Waals surface area contributed by atoms with Gasteiger partial charge in [-0.1, -0.05) is 29.9 Å². The number of amides is 2. The Morgan fingerprint density at radius 3 is 2.67 bits per heavy atom. The van der Waals surface area contributed by atoms with Crippen LogP contribution in [-0.4, -0.2) is 16.2 Å². The first-order valence-electron chi connectivity index (χ1n) is 8.57. The zero-order valence-corrected chi connectivity index (χ0v) is 15.7. The summed E-state index contributed by atoms with van der Waals surface area (Å²) >= 11 is 0. The fraction of sp³-hybridized carbons (Fsp3) is 0.136. The molecule has 2 rings (SSSR count). The van der Waals surface area contributed by atoms with Crippen LogP contribution in [0.2, 0.25) is 0 Å². The van der Waals surface area contributed by atoms with Crippen molar-refractivity contribution in [3.63, 3.8) is 0 Å². The topological polar surface area (TPSA) is 81.6 Å². The molecule has 0 saturated carbocycles. The number of aromatic hydroxyl groups is 1. The van der Waals surface area contributed by atoms with Gasteiger partial charge in [0.15, 0.2) is 0 Å². The number of aliphatic hydroxyl groups excluding tert-OH is 1. The highest BCUT2D eigenvalue weighted by Crippen LogP contribution is 2.26. The predicted octanol–water partition coefficient (Wildman–Crippen LogP) is 5.54. The monoisotopic (exact) mass is 364 g/mol. The van der Waals surface area contributed by atoms with E-state index in [9.17, 15) is 15.0 Å². The van der Waals surface area contributed by atoms with Gasteiger partial charge in [-0.2, -0.15) is 0 Å². The van der Waals surface area contributed by atoms with Crippen LogP contribution in [0.4, 0.5) is 10.5 Å². The molecule has 0 saturated heterocycles. The van der Waals surface area contributed by atoms with Crippen LogP contribution in [0.1, 0.15) is 20.8 Å². The van der Waals surface area contributed by atoms with E-state index in [0.717, 1.165) is 16.3 Å². The van der Waals surface area contributed by atoms with Crippen molar-refractivity contribution in [1.82, 2.24) is 5.32 Å². The molecule has 0 unspecified atom stereocenters. The lowest BCUT2D eigenvalue weighted by Gasteiger charge is -2.10. The number of fused-ring (bicyclic) bond motifs is 1. The number of carbonyl (C=O) groups is 1. The molecule has 0 spiro atoms. The molecule has 2 aromatic rings. The molecule has 140 valence electrons. The molecule has 5 nitrogen and oxygen atoms in total. The highest BCUT2D eigenvalue weighted by Gasteiger charge is 2.06. The van der Waals surface area contributed by atoms with Crippen molar-refractivity contribution in [2.24, 2.45) is 0 Å². The van der Waals surface area contributed by atoms with E-state index in [0.29, 0.717) is 11.4 Å². The van der Waals surface area contributed by atoms with Crippen LogP contribution < -0.4 is 10.6 Å². The molecule has 0 atom stereocenters. The molecular weight excluding hydrogens is 340 g/mol. The molecule has 0 fully saturated rings. The minimum Gasteiger partial charge on any atom is -0.508 e. The molecule has 4 N–H and O–H groups in total.